The van der Waals surface area contributed by atoms with Gasteiger partial charge in [-0.25, -0.2) is 0 Å². The van der Waals surface area contributed by atoms with Gasteiger partial charge in [0.2, 0.25) is 0 Å². The van der Waals surface area contributed by atoms with Crippen LogP contribution in [-0.4, -0.2) is 40.3 Å². The van der Waals surface area contributed by atoms with E-state index in [4.69, 9.17) is 9.88 Å². The minimum Gasteiger partial charge on any atom is -0.449 e. The molecule has 0 rings (SSSR count). The van der Waals surface area contributed by atoms with Crippen LogP contribution in [0, 0.1) is 0 Å². The summed E-state index contributed by atoms with van der Waals surface area (Å²) in [5, 5.41) is 0. The first-order valence-electron chi connectivity index (χ1n) is 4.82. The zero-order valence-corrected chi connectivity index (χ0v) is 5.32. The number of rotatable bonds is 4. The first kappa shape index (κ1) is 0.736. The van der Waals surface area contributed by atoms with Gasteiger partial charge < -0.3 is 8.23 Å². The van der Waals surface area contributed by atoms with E-state index in [2.05, 4.69) is 8.23 Å². The van der Waals surface area contributed by atoms with E-state index in [0.29, 0.717) is 0 Å². The molecule has 0 saturated heterocycles. The fourth-order valence-electron chi connectivity index (χ4n) is 0.0208. The molecule has 0 aromatic carbocycles. The Hall–Kier alpha value is 0.571. The molecule has 0 atom stereocenters. The van der Waals surface area contributed by atoms with Crippen molar-refractivity contribution in [1.29, 1.82) is 9.88 Å². The third kappa shape index (κ3) is 4.57. The van der Waals surface area contributed by atoms with Crippen molar-refractivity contribution in [2.24, 2.45) is 0 Å². The second-order valence-corrected chi connectivity index (χ2v) is 2.09. The highest BCUT2D eigenvalue weighted by molar-refractivity contribution is 6.33. The zero-order valence-electron chi connectivity index (χ0n) is 10.3. The molecule has 0 fully saturated rings. The molecule has 0 spiro atoms. The fraction of sp³-hybridized carbons (Fsp3) is 0. The maximum Gasteiger partial charge on any atom is 0.282 e. The maximum atomic E-state index is 6.95. The van der Waals surface area contributed by atoms with Crippen molar-refractivity contribution in [3.63, 3.8) is 0 Å². The normalized spacial score (nSPS) is 40.0. The molecule has 0 heterocycles. The van der Waals surface area contributed by atoms with Gasteiger partial charge in [-0.2, -0.15) is 0 Å². The first-order chi connectivity index (χ1) is 5.41. The van der Waals surface area contributed by atoms with Crippen molar-refractivity contribution < 1.29 is 8.23 Å². The van der Waals surface area contributed by atoms with Crippen LogP contribution in [0.25, 0.3) is 0 Å². The third-order valence-corrected chi connectivity index (χ3v) is 0.750. The summed E-state index contributed by atoms with van der Waals surface area (Å²) in [5.41, 5.74) is 0. The Kier molecular flexibility index (Phi) is 0.673. The molecular weight excluding hydrogens is 116 g/mol. The topological polar surface area (TPSA) is 18.5 Å². The molecule has 0 aliphatic rings. The summed E-state index contributed by atoms with van der Waals surface area (Å²) < 4.78 is 62.2. The average Bonchev–Trinajstić information content (AvgIpc) is 1.43. The molecule has 5 heavy (non-hydrogen) atoms. The Morgan fingerprint density at radius 1 is 1.80 bits per heavy atom. The summed E-state index contributed by atoms with van der Waals surface area (Å²) in [6.07, 6.45) is 0. The summed E-state index contributed by atoms with van der Waals surface area (Å²) in [6, 6.07) is 0. The molecule has 32 valence electrons. The van der Waals surface area contributed by atoms with E-state index in [-0.39, 0.29) is 0 Å². The average molecular weight is 140 g/mol. The van der Waals surface area contributed by atoms with Crippen LogP contribution in [-0.2, 0) is 8.23 Å². The van der Waals surface area contributed by atoms with E-state index in [1.165, 1.54) is 0 Å². The van der Waals surface area contributed by atoms with Crippen LogP contribution in [0.5, 0.6) is 0 Å². The highest BCUT2D eigenvalue weighted by atomic mass is 28.3. The molecule has 0 amide bonds. The summed E-state index contributed by atoms with van der Waals surface area (Å²) in [7, 11) is -13.1. The molecular formula is H8O2Si3. The Morgan fingerprint density at radius 2 is 2.40 bits per heavy atom. The minimum atomic E-state index is -4.48. The van der Waals surface area contributed by atoms with Crippen LogP contribution >= 0.6 is 0 Å². The van der Waals surface area contributed by atoms with E-state index in [1.807, 2.05) is 0 Å². The van der Waals surface area contributed by atoms with Crippen molar-refractivity contribution in [1.82, 2.24) is 0 Å². The highest BCUT2D eigenvalue weighted by Gasteiger charge is 1.66. The van der Waals surface area contributed by atoms with Gasteiger partial charge >= 0.3 is 0 Å². The lowest BCUT2D eigenvalue weighted by Gasteiger charge is -1.87. The van der Waals surface area contributed by atoms with Gasteiger partial charge in [0.25, 0.3) is 9.87 Å². The largest absolute Gasteiger partial charge is 0.449 e. The van der Waals surface area contributed by atoms with Crippen molar-refractivity contribution >= 4 is 30.4 Å². The Morgan fingerprint density at radius 3 is 2.80 bits per heavy atom. The molecule has 0 aliphatic carbocycles. The molecule has 2 nitrogen and oxygen atoms in total. The van der Waals surface area contributed by atoms with Crippen LogP contribution in [0.4, 0.5) is 0 Å². The second-order valence-electron chi connectivity index (χ2n) is 0.287. The van der Waals surface area contributed by atoms with Gasteiger partial charge in [0.05, 0.1) is 2.47 Å². The lowest BCUT2D eigenvalue weighted by molar-refractivity contribution is 0.513. The van der Waals surface area contributed by atoms with E-state index >= 15 is 0 Å². The Bertz CT molecular complexity index is 149. The standard InChI is InChI=1S/H8O2Si3/c3-1-5-2-4/h5H2,3-4H3/i3T3,4T3,5T2. The van der Waals surface area contributed by atoms with Gasteiger partial charge in [0.1, 0.15) is 20.6 Å². The number of hydrogen-bond acceptors (Lipinski definition) is 2. The maximum absolute atomic E-state index is 6.95. The van der Waals surface area contributed by atoms with Gasteiger partial charge in [-0.3, -0.25) is 0 Å². The predicted octanol–water partition coefficient (Wildman–Crippen LogP) is -3.42. The Balaban J connectivity index is 4.25. The molecule has 0 saturated carbocycles. The quantitative estimate of drug-likeness (QED) is 0.379. The van der Waals surface area contributed by atoms with E-state index in [0.717, 1.165) is 0 Å². The van der Waals surface area contributed by atoms with Gasteiger partial charge in [-0.1, -0.05) is 0 Å². The SMILES string of the molecule is [3H][Si]([3H])([3H])O[Si]([3H])([3H])O[Si]([3H])([3H])[3H]. The van der Waals surface area contributed by atoms with E-state index in [1.54, 1.807) is 0 Å². The second kappa shape index (κ2) is 4.57. The minimum absolute atomic E-state index is 4.06. The fourth-order valence-corrected chi connectivity index (χ4v) is 0.563. The van der Waals surface area contributed by atoms with Crippen LogP contribution in [0.1, 0.15) is 0 Å². The van der Waals surface area contributed by atoms with Gasteiger partial charge in [-0.05, 0) is 0 Å². The first-order valence-corrected chi connectivity index (χ1v) is 2.45. The molecule has 0 aromatic rings. The zero-order chi connectivity index (χ0) is 10.9. The van der Waals surface area contributed by atoms with Gasteiger partial charge in [-0.15, -0.1) is 0 Å². The third-order valence-electron chi connectivity index (χ3n) is 0.0833. The van der Waals surface area contributed by atoms with Crippen LogP contribution in [0.15, 0.2) is 0 Å². The molecule has 0 aromatic heterocycles. The van der Waals surface area contributed by atoms with Gasteiger partial charge in [0, 0.05) is 7.41 Å². The van der Waals surface area contributed by atoms with Crippen molar-refractivity contribution in [2.75, 3.05) is 0 Å². The molecule has 0 bridgehead atoms. The molecule has 0 aliphatic heterocycles. The van der Waals surface area contributed by atoms with Crippen molar-refractivity contribution in [3.8, 4) is 0 Å². The van der Waals surface area contributed by atoms with Gasteiger partial charge in [0.15, 0.2) is 0 Å². The predicted molar refractivity (Wildman–Crippen MR) is 30.6 cm³/mol. The summed E-state index contributed by atoms with van der Waals surface area (Å²) in [4.78, 5) is 0. The molecule has 0 N–H and O–H groups in total. The molecule has 5 heteroatoms. The van der Waals surface area contributed by atoms with Crippen molar-refractivity contribution in [3.05, 3.63) is 0 Å². The van der Waals surface area contributed by atoms with E-state index < -0.39 is 30.4 Å². The smallest absolute Gasteiger partial charge is 0.282 e. The summed E-state index contributed by atoms with van der Waals surface area (Å²) in [5.74, 6) is 0. The number of hydrogen-bond donors (Lipinski definition) is 0. The molecule has 0 unspecified atom stereocenters. The lowest BCUT2D eigenvalue weighted by Crippen LogP contribution is -1.96. The Labute approximate surface area is 49.8 Å². The van der Waals surface area contributed by atoms with Crippen LogP contribution in [0.2, 0.25) is 0 Å². The van der Waals surface area contributed by atoms with Crippen LogP contribution in [0.3, 0.4) is 0 Å². The lowest BCUT2D eigenvalue weighted by atomic mass is 15.8. The summed E-state index contributed by atoms with van der Waals surface area (Å²) in [6.45, 7) is 0. The summed E-state index contributed by atoms with van der Waals surface area (Å²) >= 11 is 0. The monoisotopic (exact) mass is 140 g/mol. The van der Waals surface area contributed by atoms with Crippen molar-refractivity contribution in [2.45, 2.75) is 0 Å². The highest BCUT2D eigenvalue weighted by Crippen LogP contribution is 1.52. The van der Waals surface area contributed by atoms with Crippen LogP contribution < -0.4 is 0 Å². The molecule has 0 radical (unpaired) electrons. The van der Waals surface area contributed by atoms with E-state index in [9.17, 15) is 0 Å².